The molecule has 196 valence electrons. The molecule has 0 aromatic heterocycles. The van der Waals surface area contributed by atoms with E-state index in [0.29, 0.717) is 34.6 Å². The number of hydrogen-bond acceptors (Lipinski definition) is 5. The first-order valence-electron chi connectivity index (χ1n) is 11.8. The minimum absolute atomic E-state index is 0.0411. The van der Waals surface area contributed by atoms with Gasteiger partial charge in [0.1, 0.15) is 12.4 Å². The lowest BCUT2D eigenvalue weighted by atomic mass is 9.94. The summed E-state index contributed by atoms with van der Waals surface area (Å²) in [6.07, 6.45) is -4.74. The highest BCUT2D eigenvalue weighted by Crippen LogP contribution is 2.37. The summed E-state index contributed by atoms with van der Waals surface area (Å²) >= 11 is 0. The standard InChI is InChI=1S/C28H28F3NO5/c1-2-36-25-11-8-20(15-26(33)34)14-24(25)23-10-9-22(28(29,30)31)16-21(23)17-32-13-12-27(35)37-18-19-6-4-3-5-7-19/h3-11,14,16,32H,2,12-13,15,17-18H2,1H3,(H,33,34). The van der Waals surface area contributed by atoms with Crippen LogP contribution in [0.15, 0.2) is 66.7 Å². The Morgan fingerprint density at radius 3 is 2.38 bits per heavy atom. The van der Waals surface area contributed by atoms with Gasteiger partial charge in [0.05, 0.1) is 25.0 Å². The second-order valence-electron chi connectivity index (χ2n) is 8.28. The van der Waals surface area contributed by atoms with Crippen LogP contribution in [0.2, 0.25) is 0 Å². The Morgan fingerprint density at radius 1 is 0.946 bits per heavy atom. The number of carboxylic acid groups (broad SMARTS) is 1. The molecule has 0 amide bonds. The molecule has 9 heteroatoms. The number of halogens is 3. The number of hydrogen-bond donors (Lipinski definition) is 2. The minimum atomic E-state index is -4.54. The van der Waals surface area contributed by atoms with Gasteiger partial charge in [-0.1, -0.05) is 42.5 Å². The summed E-state index contributed by atoms with van der Waals surface area (Å²) in [6.45, 7) is 2.48. The Hall–Kier alpha value is -3.85. The molecule has 0 atom stereocenters. The number of esters is 1. The molecule has 6 nitrogen and oxygen atoms in total. The summed E-state index contributed by atoms with van der Waals surface area (Å²) < 4.78 is 51.3. The molecular formula is C28H28F3NO5. The van der Waals surface area contributed by atoms with Crippen molar-refractivity contribution >= 4 is 11.9 Å². The zero-order valence-corrected chi connectivity index (χ0v) is 20.3. The summed E-state index contributed by atoms with van der Waals surface area (Å²) in [7, 11) is 0. The number of nitrogens with one attached hydrogen (secondary N) is 1. The van der Waals surface area contributed by atoms with Crippen LogP contribution in [0.4, 0.5) is 13.2 Å². The molecule has 0 aliphatic carbocycles. The first-order chi connectivity index (χ1) is 17.7. The Balaban J connectivity index is 1.77. The van der Waals surface area contributed by atoms with Crippen LogP contribution in [-0.4, -0.2) is 30.2 Å². The van der Waals surface area contributed by atoms with Crippen LogP contribution >= 0.6 is 0 Å². The summed E-state index contributed by atoms with van der Waals surface area (Å²) in [5.74, 6) is -1.02. The van der Waals surface area contributed by atoms with Gasteiger partial charge in [-0.2, -0.15) is 13.2 Å². The van der Waals surface area contributed by atoms with Crippen LogP contribution in [0.5, 0.6) is 5.75 Å². The van der Waals surface area contributed by atoms with Crippen LogP contribution in [-0.2, 0) is 40.1 Å². The van der Waals surface area contributed by atoms with Crippen LogP contribution in [0, 0.1) is 0 Å². The minimum Gasteiger partial charge on any atom is -0.493 e. The third-order valence-corrected chi connectivity index (χ3v) is 5.49. The van der Waals surface area contributed by atoms with Crippen molar-refractivity contribution in [1.82, 2.24) is 5.32 Å². The number of aliphatic carboxylic acids is 1. The molecule has 37 heavy (non-hydrogen) atoms. The molecule has 0 radical (unpaired) electrons. The zero-order valence-electron chi connectivity index (χ0n) is 20.3. The van der Waals surface area contributed by atoms with Gasteiger partial charge in [-0.05, 0) is 53.4 Å². The highest BCUT2D eigenvalue weighted by atomic mass is 19.4. The highest BCUT2D eigenvalue weighted by Gasteiger charge is 2.31. The van der Waals surface area contributed by atoms with Gasteiger partial charge in [0.2, 0.25) is 0 Å². The molecular weight excluding hydrogens is 487 g/mol. The van der Waals surface area contributed by atoms with E-state index in [1.807, 2.05) is 30.3 Å². The van der Waals surface area contributed by atoms with E-state index in [1.165, 1.54) is 6.07 Å². The molecule has 0 saturated heterocycles. The van der Waals surface area contributed by atoms with Gasteiger partial charge in [0.25, 0.3) is 0 Å². The Morgan fingerprint density at radius 2 is 1.70 bits per heavy atom. The molecule has 3 rings (SSSR count). The molecule has 0 aliphatic rings. The van der Waals surface area contributed by atoms with E-state index in [1.54, 1.807) is 25.1 Å². The Bertz CT molecular complexity index is 1210. The van der Waals surface area contributed by atoms with Gasteiger partial charge in [-0.3, -0.25) is 9.59 Å². The number of benzene rings is 3. The Kier molecular flexibility index (Phi) is 9.68. The molecule has 0 unspecified atom stereocenters. The van der Waals surface area contributed by atoms with Gasteiger partial charge in [-0.25, -0.2) is 0 Å². The van der Waals surface area contributed by atoms with Crippen molar-refractivity contribution in [1.29, 1.82) is 0 Å². The van der Waals surface area contributed by atoms with Crippen LogP contribution in [0.3, 0.4) is 0 Å². The normalized spacial score (nSPS) is 11.2. The van der Waals surface area contributed by atoms with Crippen molar-refractivity contribution in [2.75, 3.05) is 13.2 Å². The van der Waals surface area contributed by atoms with E-state index < -0.39 is 23.7 Å². The van der Waals surface area contributed by atoms with Crippen LogP contribution in [0.1, 0.15) is 35.6 Å². The maximum atomic E-state index is 13.5. The molecule has 0 saturated carbocycles. The fraction of sp³-hybridized carbons (Fsp3) is 0.286. The van der Waals surface area contributed by atoms with Crippen LogP contribution in [0.25, 0.3) is 11.1 Å². The predicted octanol–water partition coefficient (Wildman–Crippen LogP) is 5.62. The van der Waals surface area contributed by atoms with Gasteiger partial charge < -0.3 is 19.9 Å². The van der Waals surface area contributed by atoms with Crippen molar-refractivity contribution in [2.24, 2.45) is 0 Å². The SMILES string of the molecule is CCOc1ccc(CC(=O)O)cc1-c1ccc(C(F)(F)F)cc1CNCCC(=O)OCc1ccccc1. The highest BCUT2D eigenvalue weighted by molar-refractivity contribution is 5.77. The number of carbonyl (C=O) groups excluding carboxylic acids is 1. The molecule has 0 bridgehead atoms. The fourth-order valence-corrected chi connectivity index (χ4v) is 3.76. The van der Waals surface area contributed by atoms with Crippen molar-refractivity contribution in [2.45, 2.75) is 39.1 Å². The van der Waals surface area contributed by atoms with Gasteiger partial charge in [0.15, 0.2) is 0 Å². The molecule has 0 heterocycles. The first-order valence-corrected chi connectivity index (χ1v) is 11.8. The van der Waals surface area contributed by atoms with Crippen molar-refractivity contribution in [3.63, 3.8) is 0 Å². The topological polar surface area (TPSA) is 84.9 Å². The van der Waals surface area contributed by atoms with E-state index in [0.717, 1.165) is 17.7 Å². The largest absolute Gasteiger partial charge is 0.493 e. The second-order valence-corrected chi connectivity index (χ2v) is 8.28. The van der Waals surface area contributed by atoms with E-state index in [2.05, 4.69) is 5.32 Å². The first kappa shape index (κ1) is 27.7. The lowest BCUT2D eigenvalue weighted by Gasteiger charge is -2.18. The van der Waals surface area contributed by atoms with E-state index >= 15 is 0 Å². The van der Waals surface area contributed by atoms with Crippen molar-refractivity contribution in [3.05, 3.63) is 89.0 Å². The van der Waals surface area contributed by atoms with Gasteiger partial charge >= 0.3 is 18.1 Å². The smallest absolute Gasteiger partial charge is 0.416 e. The summed E-state index contributed by atoms with van der Waals surface area (Å²) in [5, 5.41) is 12.2. The summed E-state index contributed by atoms with van der Waals surface area (Å²) in [4.78, 5) is 23.3. The molecule has 3 aromatic rings. The quantitative estimate of drug-likeness (QED) is 0.241. The summed E-state index contributed by atoms with van der Waals surface area (Å²) in [6, 6.07) is 17.5. The molecule has 0 aliphatic heterocycles. The maximum absolute atomic E-state index is 13.5. The average Bonchev–Trinajstić information content (AvgIpc) is 2.86. The lowest BCUT2D eigenvalue weighted by molar-refractivity contribution is -0.145. The maximum Gasteiger partial charge on any atom is 0.416 e. The number of carboxylic acids is 1. The number of alkyl halides is 3. The van der Waals surface area contributed by atoms with Crippen molar-refractivity contribution in [3.8, 4) is 16.9 Å². The van der Waals surface area contributed by atoms with E-state index in [-0.39, 0.29) is 32.5 Å². The fourth-order valence-electron chi connectivity index (χ4n) is 3.76. The third kappa shape index (κ3) is 8.35. The number of carbonyl (C=O) groups is 2. The zero-order chi connectivity index (χ0) is 26.8. The van der Waals surface area contributed by atoms with E-state index in [9.17, 15) is 22.8 Å². The average molecular weight is 516 g/mol. The van der Waals surface area contributed by atoms with Gasteiger partial charge in [-0.15, -0.1) is 0 Å². The predicted molar refractivity (Wildman–Crippen MR) is 132 cm³/mol. The monoisotopic (exact) mass is 515 g/mol. The van der Waals surface area contributed by atoms with E-state index in [4.69, 9.17) is 14.6 Å². The van der Waals surface area contributed by atoms with Gasteiger partial charge in [0, 0.05) is 18.7 Å². The second kappa shape index (κ2) is 12.9. The number of ether oxygens (including phenoxy) is 2. The molecule has 3 aromatic carbocycles. The number of rotatable bonds is 12. The van der Waals surface area contributed by atoms with Crippen LogP contribution < -0.4 is 10.1 Å². The Labute approximate surface area is 213 Å². The summed E-state index contributed by atoms with van der Waals surface area (Å²) in [5.41, 5.74) is 1.84. The molecule has 2 N–H and O–H groups in total. The molecule has 0 spiro atoms. The lowest BCUT2D eigenvalue weighted by Crippen LogP contribution is -2.20. The third-order valence-electron chi connectivity index (χ3n) is 5.49. The molecule has 0 fully saturated rings. The van der Waals surface area contributed by atoms with Crippen molar-refractivity contribution < 1.29 is 37.3 Å².